The van der Waals surface area contributed by atoms with Crippen molar-refractivity contribution >= 4 is 21.9 Å². The van der Waals surface area contributed by atoms with E-state index in [1.54, 1.807) is 6.92 Å². The fourth-order valence-electron chi connectivity index (χ4n) is 0.502. The molecule has 0 aliphatic rings. The first-order valence-corrected chi connectivity index (χ1v) is 4.45. The Kier molecular flexibility index (Phi) is 5.50. The fourth-order valence-corrected chi connectivity index (χ4v) is 1.07. The van der Waals surface area contributed by atoms with Gasteiger partial charge in [0.05, 0.1) is 12.7 Å². The Balaban J connectivity index is 3.64. The van der Waals surface area contributed by atoms with Crippen LogP contribution in [0.2, 0.25) is 0 Å². The van der Waals surface area contributed by atoms with Gasteiger partial charge in [-0.15, -0.1) is 0 Å². The van der Waals surface area contributed by atoms with Crippen molar-refractivity contribution in [3.05, 3.63) is 0 Å². The van der Waals surface area contributed by atoms with Crippen molar-refractivity contribution in [2.45, 2.75) is 31.9 Å². The number of alkyl halides is 1. The van der Waals surface area contributed by atoms with Crippen molar-refractivity contribution in [2.24, 2.45) is 0 Å². The Morgan fingerprint density at radius 3 is 2.45 bits per heavy atom. The maximum atomic E-state index is 10.9. The summed E-state index contributed by atoms with van der Waals surface area (Å²) in [6.07, 6.45) is 0.0174. The fraction of sp³-hybridized carbons (Fsp3) is 0.857. The predicted octanol–water partition coefficient (Wildman–Crippen LogP) is 1.70. The molecule has 0 heterocycles. The van der Waals surface area contributed by atoms with Gasteiger partial charge in [-0.25, -0.2) is 4.79 Å². The molecule has 0 aromatic carbocycles. The minimum absolute atomic E-state index is 0.0174. The van der Waals surface area contributed by atoms with E-state index in [1.165, 1.54) is 0 Å². The summed E-state index contributed by atoms with van der Waals surface area (Å²) in [6.45, 7) is 5.84. The third kappa shape index (κ3) is 5.21. The molecule has 0 aromatic heterocycles. The number of rotatable bonds is 4. The van der Waals surface area contributed by atoms with Crippen molar-refractivity contribution in [2.75, 3.05) is 6.61 Å². The molecule has 0 rings (SSSR count). The van der Waals surface area contributed by atoms with E-state index in [1.807, 2.05) is 13.8 Å². The van der Waals surface area contributed by atoms with Crippen molar-refractivity contribution < 1.29 is 14.3 Å². The lowest BCUT2D eigenvalue weighted by molar-refractivity contribution is -0.152. The highest BCUT2D eigenvalue weighted by Crippen LogP contribution is 2.07. The van der Waals surface area contributed by atoms with Gasteiger partial charge in [0.2, 0.25) is 5.01 Å². The minimum atomic E-state index is -0.637. The van der Waals surface area contributed by atoms with E-state index >= 15 is 0 Å². The standard InChI is InChI=1S/C7H13BrO3/c1-4-10-7(9)6(8)11-5(2)3/h5-6H,4H2,1-3H3. The maximum Gasteiger partial charge on any atom is 0.346 e. The molecule has 0 radical (unpaired) electrons. The molecule has 11 heavy (non-hydrogen) atoms. The summed E-state index contributed by atoms with van der Waals surface area (Å²) in [5.41, 5.74) is 0. The molecule has 0 saturated heterocycles. The second kappa shape index (κ2) is 5.55. The molecule has 0 fully saturated rings. The molecule has 1 unspecified atom stereocenters. The Morgan fingerprint density at radius 2 is 2.09 bits per heavy atom. The Hall–Kier alpha value is -0.0900. The summed E-state index contributed by atoms with van der Waals surface area (Å²) < 4.78 is 9.80. The number of hydrogen-bond acceptors (Lipinski definition) is 3. The number of halogens is 1. The first kappa shape index (κ1) is 10.9. The van der Waals surface area contributed by atoms with Gasteiger partial charge in [0.25, 0.3) is 0 Å². The van der Waals surface area contributed by atoms with E-state index in [0.29, 0.717) is 6.61 Å². The molecule has 0 aromatic rings. The highest BCUT2D eigenvalue weighted by atomic mass is 79.9. The highest BCUT2D eigenvalue weighted by Gasteiger charge is 2.17. The van der Waals surface area contributed by atoms with Crippen LogP contribution in [-0.4, -0.2) is 23.7 Å². The van der Waals surface area contributed by atoms with Crippen molar-refractivity contribution in [3.63, 3.8) is 0 Å². The van der Waals surface area contributed by atoms with Gasteiger partial charge < -0.3 is 9.47 Å². The molecule has 4 heteroatoms. The molecule has 0 saturated carbocycles. The first-order valence-electron chi connectivity index (χ1n) is 3.54. The zero-order chi connectivity index (χ0) is 8.85. The van der Waals surface area contributed by atoms with Crippen molar-refractivity contribution in [1.29, 1.82) is 0 Å². The molecule has 0 spiro atoms. The van der Waals surface area contributed by atoms with E-state index in [4.69, 9.17) is 9.47 Å². The zero-order valence-electron chi connectivity index (χ0n) is 6.96. The van der Waals surface area contributed by atoms with Gasteiger partial charge in [-0.05, 0) is 36.7 Å². The van der Waals surface area contributed by atoms with Gasteiger partial charge in [-0.1, -0.05) is 0 Å². The van der Waals surface area contributed by atoms with Crippen molar-refractivity contribution in [3.8, 4) is 0 Å². The topological polar surface area (TPSA) is 35.5 Å². The third-order valence-electron chi connectivity index (χ3n) is 0.864. The lowest BCUT2D eigenvalue weighted by atomic mass is 10.5. The molecule has 0 amide bonds. The molecule has 0 aliphatic heterocycles. The highest BCUT2D eigenvalue weighted by molar-refractivity contribution is 9.09. The smallest absolute Gasteiger partial charge is 0.346 e. The van der Waals surface area contributed by atoms with Crippen LogP contribution in [0.1, 0.15) is 20.8 Å². The van der Waals surface area contributed by atoms with E-state index in [2.05, 4.69) is 15.9 Å². The Labute approximate surface area is 75.2 Å². The number of carbonyl (C=O) groups excluding carboxylic acids is 1. The van der Waals surface area contributed by atoms with Crippen molar-refractivity contribution in [1.82, 2.24) is 0 Å². The van der Waals surface area contributed by atoms with Gasteiger partial charge in [0.15, 0.2) is 0 Å². The van der Waals surface area contributed by atoms with Crippen LogP contribution in [0, 0.1) is 0 Å². The van der Waals surface area contributed by atoms with E-state index in [9.17, 15) is 4.79 Å². The van der Waals surface area contributed by atoms with Gasteiger partial charge in [-0.3, -0.25) is 0 Å². The van der Waals surface area contributed by atoms with Crippen LogP contribution in [0.25, 0.3) is 0 Å². The van der Waals surface area contributed by atoms with Gasteiger partial charge in [0.1, 0.15) is 0 Å². The minimum Gasteiger partial charge on any atom is -0.463 e. The largest absolute Gasteiger partial charge is 0.463 e. The number of carbonyl (C=O) groups is 1. The zero-order valence-corrected chi connectivity index (χ0v) is 8.55. The summed E-state index contributed by atoms with van der Waals surface area (Å²) in [7, 11) is 0. The second-order valence-corrected chi connectivity index (χ2v) is 3.08. The van der Waals surface area contributed by atoms with Crippen LogP contribution in [0.5, 0.6) is 0 Å². The van der Waals surface area contributed by atoms with Crippen LogP contribution in [-0.2, 0) is 14.3 Å². The average Bonchev–Trinajstić information content (AvgIpc) is 1.86. The molecular formula is C7H13BrO3. The lowest BCUT2D eigenvalue weighted by Crippen LogP contribution is -2.23. The predicted molar refractivity (Wildman–Crippen MR) is 45.6 cm³/mol. The summed E-state index contributed by atoms with van der Waals surface area (Å²) >= 11 is 3.05. The van der Waals surface area contributed by atoms with Gasteiger partial charge in [0, 0.05) is 0 Å². The first-order chi connectivity index (χ1) is 5.07. The number of ether oxygens (including phenoxy) is 2. The van der Waals surface area contributed by atoms with E-state index in [-0.39, 0.29) is 12.1 Å². The van der Waals surface area contributed by atoms with E-state index < -0.39 is 5.01 Å². The molecule has 1 atom stereocenters. The van der Waals surface area contributed by atoms with Gasteiger partial charge >= 0.3 is 5.97 Å². The third-order valence-corrected chi connectivity index (χ3v) is 1.45. The Bertz CT molecular complexity index is 125. The second-order valence-electron chi connectivity index (χ2n) is 2.25. The summed E-state index contributed by atoms with van der Waals surface area (Å²) in [5.74, 6) is -0.374. The Morgan fingerprint density at radius 1 is 1.55 bits per heavy atom. The van der Waals surface area contributed by atoms with Crippen LogP contribution in [0.15, 0.2) is 0 Å². The monoisotopic (exact) mass is 224 g/mol. The molecule has 0 aliphatic carbocycles. The average molecular weight is 225 g/mol. The molecule has 0 N–H and O–H groups in total. The normalized spacial score (nSPS) is 13.2. The molecule has 66 valence electrons. The summed E-state index contributed by atoms with van der Waals surface area (Å²) in [5, 5.41) is -0.637. The van der Waals surface area contributed by atoms with Crippen LogP contribution in [0.4, 0.5) is 0 Å². The number of hydrogen-bond donors (Lipinski definition) is 0. The van der Waals surface area contributed by atoms with Crippen LogP contribution >= 0.6 is 15.9 Å². The summed E-state index contributed by atoms with van der Waals surface area (Å²) in [6, 6.07) is 0. The van der Waals surface area contributed by atoms with Crippen LogP contribution in [0.3, 0.4) is 0 Å². The molecular weight excluding hydrogens is 212 g/mol. The lowest BCUT2D eigenvalue weighted by Gasteiger charge is -2.12. The SMILES string of the molecule is CCOC(=O)C(Br)OC(C)C. The molecule has 0 bridgehead atoms. The quantitative estimate of drug-likeness (QED) is 0.539. The van der Waals surface area contributed by atoms with Crippen LogP contribution < -0.4 is 0 Å². The maximum absolute atomic E-state index is 10.9. The van der Waals surface area contributed by atoms with E-state index in [0.717, 1.165) is 0 Å². The summed E-state index contributed by atoms with van der Waals surface area (Å²) in [4.78, 5) is 10.9. The molecule has 3 nitrogen and oxygen atoms in total. The van der Waals surface area contributed by atoms with Gasteiger partial charge in [-0.2, -0.15) is 0 Å². The number of esters is 1.